The highest BCUT2D eigenvalue weighted by molar-refractivity contribution is 7.13. The average molecular weight is 222 g/mol. The van der Waals surface area contributed by atoms with Crippen molar-refractivity contribution in [2.45, 2.75) is 0 Å². The summed E-state index contributed by atoms with van der Waals surface area (Å²) in [5.41, 5.74) is 1.26. The molecule has 15 heavy (non-hydrogen) atoms. The van der Waals surface area contributed by atoms with Gasteiger partial charge in [-0.1, -0.05) is 6.07 Å². The van der Waals surface area contributed by atoms with E-state index in [4.69, 9.17) is 0 Å². The smallest absolute Gasteiger partial charge is 0.358 e. The van der Waals surface area contributed by atoms with Gasteiger partial charge in [0.1, 0.15) is 0 Å². The molecular formula is C10H10N2O2S. The van der Waals surface area contributed by atoms with Crippen molar-refractivity contribution in [3.05, 3.63) is 29.3 Å². The van der Waals surface area contributed by atoms with Gasteiger partial charge in [-0.05, 0) is 17.5 Å². The number of hydrogen-bond donors (Lipinski definition) is 0. The van der Waals surface area contributed by atoms with E-state index in [9.17, 15) is 4.79 Å². The number of nitrogens with zero attached hydrogens (tertiary/aromatic N) is 2. The van der Waals surface area contributed by atoms with Gasteiger partial charge in [0.15, 0.2) is 5.69 Å². The minimum atomic E-state index is -0.409. The Morgan fingerprint density at radius 2 is 2.40 bits per heavy atom. The first-order chi connectivity index (χ1) is 7.22. The fraction of sp³-hybridized carbons (Fsp3) is 0.200. The predicted molar refractivity (Wildman–Crippen MR) is 57.9 cm³/mol. The summed E-state index contributed by atoms with van der Waals surface area (Å²) < 4.78 is 6.29. The third-order valence-corrected chi connectivity index (χ3v) is 2.94. The summed E-state index contributed by atoms with van der Waals surface area (Å²) in [4.78, 5) is 12.3. The SMILES string of the molecule is COC(=O)c1cc(-c2cccs2)n(C)n1. The molecule has 4 nitrogen and oxygen atoms in total. The average Bonchev–Trinajstić information content (AvgIpc) is 2.84. The van der Waals surface area contributed by atoms with E-state index >= 15 is 0 Å². The fourth-order valence-electron chi connectivity index (χ4n) is 1.33. The second-order valence-electron chi connectivity index (χ2n) is 3.01. The third kappa shape index (κ3) is 1.78. The molecule has 0 atom stereocenters. The van der Waals surface area contributed by atoms with Crippen LogP contribution in [0.1, 0.15) is 10.5 Å². The standard InChI is InChI=1S/C10H10N2O2S/c1-12-8(9-4-3-5-15-9)6-7(11-12)10(13)14-2/h3-6H,1-2H3. The Balaban J connectivity index is 2.42. The first-order valence-corrected chi connectivity index (χ1v) is 5.26. The number of hydrogen-bond acceptors (Lipinski definition) is 4. The second kappa shape index (κ2) is 3.86. The van der Waals surface area contributed by atoms with Gasteiger partial charge in [0.25, 0.3) is 0 Å². The van der Waals surface area contributed by atoms with Crippen LogP contribution in [0.4, 0.5) is 0 Å². The molecule has 0 aliphatic rings. The van der Waals surface area contributed by atoms with Gasteiger partial charge >= 0.3 is 5.97 Å². The molecule has 2 heterocycles. The van der Waals surface area contributed by atoms with E-state index in [1.54, 1.807) is 22.1 Å². The maximum absolute atomic E-state index is 11.3. The van der Waals surface area contributed by atoms with Crippen LogP contribution in [-0.4, -0.2) is 22.9 Å². The van der Waals surface area contributed by atoms with Crippen molar-refractivity contribution in [3.8, 4) is 10.6 Å². The molecule has 0 aliphatic heterocycles. The lowest BCUT2D eigenvalue weighted by molar-refractivity contribution is 0.0593. The summed E-state index contributed by atoms with van der Waals surface area (Å²) in [7, 11) is 3.16. The van der Waals surface area contributed by atoms with Gasteiger partial charge in [-0.3, -0.25) is 4.68 Å². The molecule has 2 aromatic heterocycles. The Morgan fingerprint density at radius 1 is 1.60 bits per heavy atom. The summed E-state index contributed by atoms with van der Waals surface area (Å²) in [5.74, 6) is -0.409. The molecule has 0 aromatic carbocycles. The Labute approximate surface area is 91.1 Å². The van der Waals surface area contributed by atoms with Crippen molar-refractivity contribution in [1.29, 1.82) is 0 Å². The Morgan fingerprint density at radius 3 is 3.00 bits per heavy atom. The van der Waals surface area contributed by atoms with Crippen LogP contribution in [0.5, 0.6) is 0 Å². The number of rotatable bonds is 2. The number of ether oxygens (including phenoxy) is 1. The monoisotopic (exact) mass is 222 g/mol. The first kappa shape index (κ1) is 9.92. The molecular weight excluding hydrogens is 212 g/mol. The highest BCUT2D eigenvalue weighted by atomic mass is 32.1. The van der Waals surface area contributed by atoms with Crippen LogP contribution < -0.4 is 0 Å². The van der Waals surface area contributed by atoms with E-state index in [-0.39, 0.29) is 0 Å². The van der Waals surface area contributed by atoms with Crippen LogP contribution in [0.3, 0.4) is 0 Å². The molecule has 0 amide bonds. The largest absolute Gasteiger partial charge is 0.464 e. The molecule has 0 saturated carbocycles. The van der Waals surface area contributed by atoms with Crippen molar-refractivity contribution in [3.63, 3.8) is 0 Å². The number of aryl methyl sites for hydroxylation is 1. The first-order valence-electron chi connectivity index (χ1n) is 4.38. The highest BCUT2D eigenvalue weighted by Gasteiger charge is 2.14. The quantitative estimate of drug-likeness (QED) is 0.729. The minimum Gasteiger partial charge on any atom is -0.464 e. The molecule has 0 saturated heterocycles. The molecule has 0 spiro atoms. The zero-order chi connectivity index (χ0) is 10.8. The lowest BCUT2D eigenvalue weighted by Gasteiger charge is -1.95. The van der Waals surface area contributed by atoms with E-state index in [1.165, 1.54) is 7.11 Å². The third-order valence-electron chi connectivity index (χ3n) is 2.05. The molecule has 0 radical (unpaired) electrons. The number of carbonyl (C=O) groups excluding carboxylic acids is 1. The zero-order valence-corrected chi connectivity index (χ0v) is 9.25. The van der Waals surface area contributed by atoms with E-state index in [0.29, 0.717) is 5.69 Å². The normalized spacial score (nSPS) is 10.3. The van der Waals surface area contributed by atoms with Gasteiger partial charge < -0.3 is 4.74 Å². The van der Waals surface area contributed by atoms with Gasteiger partial charge in [0.05, 0.1) is 17.7 Å². The van der Waals surface area contributed by atoms with Crippen LogP contribution >= 0.6 is 11.3 Å². The molecule has 5 heteroatoms. The highest BCUT2D eigenvalue weighted by Crippen LogP contribution is 2.24. The van der Waals surface area contributed by atoms with E-state index < -0.39 is 5.97 Å². The molecule has 2 aromatic rings. The molecule has 0 fully saturated rings. The lowest BCUT2D eigenvalue weighted by atomic mass is 10.3. The summed E-state index contributed by atoms with van der Waals surface area (Å²) in [5, 5.41) is 6.07. The van der Waals surface area contributed by atoms with Crippen LogP contribution in [0.15, 0.2) is 23.6 Å². The van der Waals surface area contributed by atoms with Crippen molar-refractivity contribution < 1.29 is 9.53 Å². The van der Waals surface area contributed by atoms with Crippen LogP contribution in [0.2, 0.25) is 0 Å². The van der Waals surface area contributed by atoms with Crippen molar-refractivity contribution in [2.24, 2.45) is 7.05 Å². The number of carbonyl (C=O) groups is 1. The van der Waals surface area contributed by atoms with Gasteiger partial charge in [0.2, 0.25) is 0 Å². The maximum Gasteiger partial charge on any atom is 0.358 e. The summed E-state index contributed by atoms with van der Waals surface area (Å²) in [6.45, 7) is 0. The molecule has 0 N–H and O–H groups in total. The Kier molecular flexibility index (Phi) is 2.55. The topological polar surface area (TPSA) is 44.1 Å². The van der Waals surface area contributed by atoms with Crippen molar-refractivity contribution in [2.75, 3.05) is 7.11 Å². The molecule has 78 valence electrons. The zero-order valence-electron chi connectivity index (χ0n) is 8.43. The Hall–Kier alpha value is -1.62. The van der Waals surface area contributed by atoms with E-state index in [1.807, 2.05) is 24.6 Å². The molecule has 0 unspecified atom stereocenters. The van der Waals surface area contributed by atoms with Gasteiger partial charge in [-0.2, -0.15) is 5.10 Å². The van der Waals surface area contributed by atoms with Crippen LogP contribution in [0, 0.1) is 0 Å². The summed E-state index contributed by atoms with van der Waals surface area (Å²) in [6.07, 6.45) is 0. The fourth-order valence-corrected chi connectivity index (χ4v) is 2.10. The lowest BCUT2D eigenvalue weighted by Crippen LogP contribution is -2.02. The van der Waals surface area contributed by atoms with E-state index in [0.717, 1.165) is 10.6 Å². The predicted octanol–water partition coefficient (Wildman–Crippen LogP) is 1.94. The second-order valence-corrected chi connectivity index (χ2v) is 3.96. The number of esters is 1. The molecule has 0 aliphatic carbocycles. The Bertz CT molecular complexity index is 474. The number of aromatic nitrogens is 2. The van der Waals surface area contributed by atoms with Gasteiger partial charge in [-0.25, -0.2) is 4.79 Å². The van der Waals surface area contributed by atoms with Gasteiger partial charge in [-0.15, -0.1) is 11.3 Å². The summed E-state index contributed by atoms with van der Waals surface area (Å²) >= 11 is 1.61. The van der Waals surface area contributed by atoms with Crippen molar-refractivity contribution >= 4 is 17.3 Å². The van der Waals surface area contributed by atoms with Crippen LogP contribution in [-0.2, 0) is 11.8 Å². The number of thiophene rings is 1. The molecule has 2 rings (SSSR count). The number of methoxy groups -OCH3 is 1. The minimum absolute atomic E-state index is 0.336. The maximum atomic E-state index is 11.3. The van der Waals surface area contributed by atoms with Crippen LogP contribution in [0.25, 0.3) is 10.6 Å². The summed E-state index contributed by atoms with van der Waals surface area (Å²) in [6, 6.07) is 5.69. The van der Waals surface area contributed by atoms with E-state index in [2.05, 4.69) is 9.84 Å². The van der Waals surface area contributed by atoms with Crippen molar-refractivity contribution in [1.82, 2.24) is 9.78 Å². The molecule has 0 bridgehead atoms. The van der Waals surface area contributed by atoms with Gasteiger partial charge in [0, 0.05) is 7.05 Å².